The fourth-order valence-corrected chi connectivity index (χ4v) is 9.10. The van der Waals surface area contributed by atoms with Crippen molar-refractivity contribution < 1.29 is 0 Å². The van der Waals surface area contributed by atoms with Gasteiger partial charge in [0.25, 0.3) is 0 Å². The zero-order valence-corrected chi connectivity index (χ0v) is 30.7. The summed E-state index contributed by atoms with van der Waals surface area (Å²) >= 11 is 0. The Morgan fingerprint density at radius 3 is 1.57 bits per heavy atom. The molecule has 1 aliphatic heterocycles. The zero-order chi connectivity index (χ0) is 37.2. The summed E-state index contributed by atoms with van der Waals surface area (Å²) in [6.45, 7) is 4.09. The van der Waals surface area contributed by atoms with Crippen LogP contribution in [0.2, 0.25) is 0 Å². The van der Waals surface area contributed by atoms with Crippen LogP contribution in [0, 0.1) is 0 Å². The number of aliphatic imine (C=N–C) groups is 1. The van der Waals surface area contributed by atoms with Crippen LogP contribution in [0.1, 0.15) is 11.7 Å². The van der Waals surface area contributed by atoms with Crippen molar-refractivity contribution in [2.75, 3.05) is 4.90 Å². The molecular formula is C54H36N2. The quantitative estimate of drug-likeness (QED) is 0.128. The number of para-hydroxylation sites is 1. The lowest BCUT2D eigenvalue weighted by molar-refractivity contribution is 0.738. The molecule has 0 amide bonds. The molecule has 2 heteroatoms. The second kappa shape index (κ2) is 12.9. The number of hydrogen-bond acceptors (Lipinski definition) is 2. The number of fused-ring (bicyclic) bond motifs is 7. The maximum atomic E-state index is 4.72. The predicted octanol–water partition coefficient (Wildman–Crippen LogP) is 14.8. The van der Waals surface area contributed by atoms with E-state index >= 15 is 0 Å². The van der Waals surface area contributed by atoms with E-state index in [0.717, 1.165) is 28.1 Å². The third kappa shape index (κ3) is 5.07. The average molecular weight is 713 g/mol. The minimum atomic E-state index is -0.247. The van der Waals surface area contributed by atoms with Crippen LogP contribution in [-0.2, 0) is 0 Å². The second-order valence-electron chi connectivity index (χ2n) is 14.8. The van der Waals surface area contributed by atoms with Crippen LogP contribution >= 0.6 is 0 Å². The molecule has 0 aromatic heterocycles. The second-order valence-corrected chi connectivity index (χ2v) is 14.8. The van der Waals surface area contributed by atoms with Crippen LogP contribution in [0.5, 0.6) is 0 Å². The molecule has 1 heterocycles. The molecule has 56 heavy (non-hydrogen) atoms. The summed E-state index contributed by atoms with van der Waals surface area (Å²) in [6.07, 6.45) is -0.247. The smallest absolute Gasteiger partial charge is 0.151 e. The number of hydrogen-bond donors (Lipinski definition) is 0. The molecule has 0 N–H and O–H groups in total. The molecule has 2 nitrogen and oxygen atoms in total. The Kier molecular flexibility index (Phi) is 7.43. The van der Waals surface area contributed by atoms with E-state index in [-0.39, 0.29) is 6.17 Å². The normalized spacial score (nSPS) is 13.6. The lowest BCUT2D eigenvalue weighted by Gasteiger charge is -2.38. The molecule has 1 atom stereocenters. The van der Waals surface area contributed by atoms with Crippen molar-refractivity contribution in [3.05, 3.63) is 206 Å². The van der Waals surface area contributed by atoms with Crippen LogP contribution in [0.15, 0.2) is 205 Å². The van der Waals surface area contributed by atoms with Crippen molar-refractivity contribution in [1.29, 1.82) is 0 Å². The molecule has 11 rings (SSSR count). The third-order valence-electron chi connectivity index (χ3n) is 11.7. The van der Waals surface area contributed by atoms with E-state index in [1.807, 2.05) is 0 Å². The molecule has 10 aromatic carbocycles. The van der Waals surface area contributed by atoms with Crippen molar-refractivity contribution in [3.8, 4) is 44.5 Å². The number of benzene rings is 10. The van der Waals surface area contributed by atoms with Gasteiger partial charge in [0, 0.05) is 16.8 Å². The summed E-state index contributed by atoms with van der Waals surface area (Å²) in [5.74, 6) is 0. The van der Waals surface area contributed by atoms with E-state index in [4.69, 9.17) is 4.99 Å². The van der Waals surface area contributed by atoms with Crippen molar-refractivity contribution in [2.45, 2.75) is 6.17 Å². The fraction of sp³-hybridized carbons (Fsp3) is 0.0185. The maximum Gasteiger partial charge on any atom is 0.151 e. The Morgan fingerprint density at radius 1 is 0.375 bits per heavy atom. The van der Waals surface area contributed by atoms with Crippen molar-refractivity contribution >= 4 is 61.2 Å². The van der Waals surface area contributed by atoms with Crippen LogP contribution in [0.4, 0.5) is 11.4 Å². The molecule has 0 fully saturated rings. The molecule has 0 bridgehead atoms. The maximum absolute atomic E-state index is 4.72. The molecule has 0 saturated heterocycles. The summed E-state index contributed by atoms with van der Waals surface area (Å²) in [6, 6.07) is 73.2. The Bertz CT molecular complexity index is 3180. The van der Waals surface area contributed by atoms with Gasteiger partial charge in [0.1, 0.15) is 0 Å². The van der Waals surface area contributed by atoms with E-state index in [1.54, 1.807) is 0 Å². The van der Waals surface area contributed by atoms with Gasteiger partial charge in [0.2, 0.25) is 0 Å². The third-order valence-corrected chi connectivity index (χ3v) is 11.7. The number of anilines is 2. The van der Waals surface area contributed by atoms with E-state index in [0.29, 0.717) is 0 Å². The Balaban J connectivity index is 1.19. The first-order valence-corrected chi connectivity index (χ1v) is 19.2. The van der Waals surface area contributed by atoms with Gasteiger partial charge in [-0.3, -0.25) is 4.99 Å². The van der Waals surface area contributed by atoms with Crippen LogP contribution in [-0.4, -0.2) is 6.72 Å². The van der Waals surface area contributed by atoms with E-state index in [1.165, 1.54) is 76.5 Å². The van der Waals surface area contributed by atoms with Gasteiger partial charge in [-0.2, -0.15) is 0 Å². The van der Waals surface area contributed by atoms with Crippen LogP contribution in [0.25, 0.3) is 87.6 Å². The topological polar surface area (TPSA) is 15.6 Å². The van der Waals surface area contributed by atoms with Gasteiger partial charge in [-0.05, 0) is 125 Å². The Hall–Kier alpha value is -7.29. The zero-order valence-electron chi connectivity index (χ0n) is 30.7. The summed E-state index contributed by atoms with van der Waals surface area (Å²) < 4.78 is 0. The molecule has 262 valence electrons. The standard InChI is InChI=1S/C54H36N2/c1-55-54-49-22-12-9-19-44(49)45-29-27-40(34-51(45)56(54)43-17-3-2-4-18-43)39-28-30-48-50(33-39)53(42-26-24-36-14-6-8-16-38(36)32-42)47-21-11-10-20-46(47)52(48)41-25-23-35-13-5-7-15-37(35)31-41/h2-34,54H,1H2. The SMILES string of the molecule is C=NC1c2ccccc2-c2ccc(-c3ccc4c(-c5ccc6ccccc6c5)c5ccccc5c(-c5ccc6ccccc6c5)c4c3)cc2N1c1ccccc1. The Labute approximate surface area is 326 Å². The summed E-state index contributed by atoms with van der Waals surface area (Å²) in [7, 11) is 0. The summed E-state index contributed by atoms with van der Waals surface area (Å²) in [5.41, 5.74) is 13.0. The van der Waals surface area contributed by atoms with E-state index < -0.39 is 0 Å². The van der Waals surface area contributed by atoms with Crippen molar-refractivity contribution in [1.82, 2.24) is 0 Å². The van der Waals surface area contributed by atoms with Gasteiger partial charge in [-0.15, -0.1) is 0 Å². The summed E-state index contributed by atoms with van der Waals surface area (Å²) in [4.78, 5) is 7.05. The molecule has 0 aliphatic carbocycles. The largest absolute Gasteiger partial charge is 0.314 e. The van der Waals surface area contributed by atoms with Gasteiger partial charge in [-0.1, -0.05) is 164 Å². The first-order valence-electron chi connectivity index (χ1n) is 19.2. The van der Waals surface area contributed by atoms with E-state index in [9.17, 15) is 0 Å². The highest BCUT2D eigenvalue weighted by Crippen LogP contribution is 2.51. The summed E-state index contributed by atoms with van der Waals surface area (Å²) in [5, 5.41) is 9.92. The van der Waals surface area contributed by atoms with Gasteiger partial charge >= 0.3 is 0 Å². The highest BCUT2D eigenvalue weighted by atomic mass is 15.3. The number of rotatable bonds is 5. The monoisotopic (exact) mass is 712 g/mol. The lowest BCUT2D eigenvalue weighted by Crippen LogP contribution is -2.26. The average Bonchev–Trinajstić information content (AvgIpc) is 3.27. The minimum Gasteiger partial charge on any atom is -0.314 e. The molecule has 0 radical (unpaired) electrons. The van der Waals surface area contributed by atoms with E-state index in [2.05, 4.69) is 212 Å². The van der Waals surface area contributed by atoms with Crippen LogP contribution < -0.4 is 4.90 Å². The number of nitrogens with zero attached hydrogens (tertiary/aromatic N) is 2. The molecule has 1 aliphatic rings. The molecular weight excluding hydrogens is 677 g/mol. The first-order chi connectivity index (χ1) is 27.7. The van der Waals surface area contributed by atoms with Gasteiger partial charge in [0.05, 0.1) is 5.69 Å². The van der Waals surface area contributed by atoms with Crippen LogP contribution in [0.3, 0.4) is 0 Å². The highest BCUT2D eigenvalue weighted by molar-refractivity contribution is 6.22. The predicted molar refractivity (Wildman–Crippen MR) is 239 cm³/mol. The molecule has 0 saturated carbocycles. The minimum absolute atomic E-state index is 0.247. The van der Waals surface area contributed by atoms with Gasteiger partial charge in [0.15, 0.2) is 6.17 Å². The Morgan fingerprint density at radius 2 is 0.893 bits per heavy atom. The van der Waals surface area contributed by atoms with Gasteiger partial charge in [-0.25, -0.2) is 0 Å². The molecule has 10 aromatic rings. The molecule has 0 spiro atoms. The lowest BCUT2D eigenvalue weighted by atomic mass is 9.84. The van der Waals surface area contributed by atoms with Gasteiger partial charge < -0.3 is 4.90 Å². The fourth-order valence-electron chi connectivity index (χ4n) is 9.10. The van der Waals surface area contributed by atoms with Crippen molar-refractivity contribution in [3.63, 3.8) is 0 Å². The first kappa shape index (κ1) is 32.2. The highest BCUT2D eigenvalue weighted by Gasteiger charge is 2.31. The van der Waals surface area contributed by atoms with Crippen molar-refractivity contribution in [2.24, 2.45) is 4.99 Å². The molecule has 1 unspecified atom stereocenters.